The second-order valence-electron chi connectivity index (χ2n) is 4.08. The minimum atomic E-state index is -0.371. The molecule has 1 aromatic carbocycles. The van der Waals surface area contributed by atoms with Gasteiger partial charge in [0.15, 0.2) is 5.58 Å². The van der Waals surface area contributed by atoms with Gasteiger partial charge >= 0.3 is 5.76 Å². The van der Waals surface area contributed by atoms with E-state index in [1.807, 2.05) is 12.1 Å². The van der Waals surface area contributed by atoms with E-state index in [2.05, 4.69) is 17.2 Å². The third-order valence-corrected chi connectivity index (χ3v) is 2.94. The summed E-state index contributed by atoms with van der Waals surface area (Å²) in [7, 11) is 0. The molecule has 1 aliphatic rings. The minimum absolute atomic E-state index is 0.371. The van der Waals surface area contributed by atoms with E-state index in [4.69, 9.17) is 4.42 Å². The van der Waals surface area contributed by atoms with Crippen molar-refractivity contribution in [2.45, 2.75) is 25.9 Å². The van der Waals surface area contributed by atoms with Gasteiger partial charge in [0.1, 0.15) is 0 Å². The van der Waals surface area contributed by atoms with Crippen molar-refractivity contribution in [3.63, 3.8) is 0 Å². The average Bonchev–Trinajstić information content (AvgIpc) is 2.58. The highest BCUT2D eigenvalue weighted by molar-refractivity contribution is 5.77. The zero-order valence-corrected chi connectivity index (χ0v) is 8.46. The molecule has 1 aromatic heterocycles. The number of hydrogen-bond donors (Lipinski definition) is 2. The summed E-state index contributed by atoms with van der Waals surface area (Å²) >= 11 is 0. The van der Waals surface area contributed by atoms with Crippen LogP contribution < -0.4 is 11.1 Å². The monoisotopic (exact) mass is 204 g/mol. The van der Waals surface area contributed by atoms with Gasteiger partial charge in [-0.3, -0.25) is 4.98 Å². The smallest absolute Gasteiger partial charge is 0.408 e. The largest absolute Gasteiger partial charge is 0.417 e. The molecule has 1 atom stereocenters. The van der Waals surface area contributed by atoms with Crippen LogP contribution in [0.25, 0.3) is 11.1 Å². The van der Waals surface area contributed by atoms with Gasteiger partial charge in [-0.2, -0.15) is 0 Å². The number of rotatable bonds is 0. The predicted molar refractivity (Wildman–Crippen MR) is 56.8 cm³/mol. The van der Waals surface area contributed by atoms with Crippen LogP contribution in [0.3, 0.4) is 0 Å². The van der Waals surface area contributed by atoms with Gasteiger partial charge in [-0.25, -0.2) is 4.79 Å². The molecule has 1 aliphatic heterocycles. The molecule has 78 valence electrons. The van der Waals surface area contributed by atoms with Gasteiger partial charge in [0.25, 0.3) is 0 Å². The second kappa shape index (κ2) is 2.97. The van der Waals surface area contributed by atoms with Crippen molar-refractivity contribution in [3.05, 3.63) is 33.8 Å². The van der Waals surface area contributed by atoms with E-state index in [9.17, 15) is 4.79 Å². The first-order valence-corrected chi connectivity index (χ1v) is 5.11. The van der Waals surface area contributed by atoms with E-state index in [1.54, 1.807) is 0 Å². The highest BCUT2D eigenvalue weighted by atomic mass is 16.4. The first kappa shape index (κ1) is 8.73. The predicted octanol–water partition coefficient (Wildman–Crippen LogP) is 1.16. The van der Waals surface area contributed by atoms with Crippen LogP contribution in [0.1, 0.15) is 18.1 Å². The van der Waals surface area contributed by atoms with E-state index in [0.717, 1.165) is 29.6 Å². The summed E-state index contributed by atoms with van der Waals surface area (Å²) in [6.07, 6.45) is 0.910. The third kappa shape index (κ3) is 1.29. The second-order valence-corrected chi connectivity index (χ2v) is 4.08. The Hall–Kier alpha value is -1.55. The maximum atomic E-state index is 11.1. The Morgan fingerprint density at radius 1 is 1.47 bits per heavy atom. The molecule has 2 N–H and O–H groups in total. The van der Waals surface area contributed by atoms with Crippen LogP contribution in [0.5, 0.6) is 0 Å². The number of aromatic amines is 1. The molecule has 0 saturated heterocycles. The Balaban J connectivity index is 2.31. The quantitative estimate of drug-likeness (QED) is 0.677. The van der Waals surface area contributed by atoms with Crippen LogP contribution >= 0.6 is 0 Å². The van der Waals surface area contributed by atoms with Gasteiger partial charge in [-0.1, -0.05) is 6.07 Å². The molecule has 0 fully saturated rings. The van der Waals surface area contributed by atoms with Crippen molar-refractivity contribution in [1.82, 2.24) is 10.3 Å². The van der Waals surface area contributed by atoms with Gasteiger partial charge in [0, 0.05) is 18.2 Å². The maximum Gasteiger partial charge on any atom is 0.417 e. The lowest BCUT2D eigenvalue weighted by atomic mass is 9.96. The average molecular weight is 204 g/mol. The highest BCUT2D eigenvalue weighted by Gasteiger charge is 2.19. The molecule has 0 radical (unpaired) electrons. The Morgan fingerprint density at radius 3 is 3.20 bits per heavy atom. The minimum Gasteiger partial charge on any atom is -0.408 e. The van der Waals surface area contributed by atoms with Crippen LogP contribution in [-0.4, -0.2) is 11.0 Å². The fourth-order valence-corrected chi connectivity index (χ4v) is 2.16. The fraction of sp³-hybridized carbons (Fsp3) is 0.364. The number of nitrogens with one attached hydrogen (secondary N) is 2. The lowest BCUT2D eigenvalue weighted by Crippen LogP contribution is -2.32. The van der Waals surface area contributed by atoms with Gasteiger partial charge < -0.3 is 9.73 Å². The number of H-pyrrole nitrogens is 1. The van der Waals surface area contributed by atoms with Crippen LogP contribution in [-0.2, 0) is 13.0 Å². The van der Waals surface area contributed by atoms with Gasteiger partial charge in [-0.15, -0.1) is 0 Å². The van der Waals surface area contributed by atoms with E-state index in [0.29, 0.717) is 6.04 Å². The number of oxazole rings is 1. The van der Waals surface area contributed by atoms with E-state index < -0.39 is 0 Å². The number of benzene rings is 1. The summed E-state index contributed by atoms with van der Waals surface area (Å²) < 4.78 is 5.18. The molecule has 0 amide bonds. The maximum absolute atomic E-state index is 11.1. The van der Waals surface area contributed by atoms with Gasteiger partial charge in [0.05, 0.1) is 5.52 Å². The topological polar surface area (TPSA) is 58.0 Å². The zero-order chi connectivity index (χ0) is 10.4. The third-order valence-electron chi connectivity index (χ3n) is 2.94. The molecule has 0 bridgehead atoms. The van der Waals surface area contributed by atoms with Crippen molar-refractivity contribution in [2.75, 3.05) is 0 Å². The molecule has 0 spiro atoms. The Kier molecular flexibility index (Phi) is 1.73. The Labute approximate surface area is 86.3 Å². The Morgan fingerprint density at radius 2 is 2.33 bits per heavy atom. The van der Waals surface area contributed by atoms with Crippen LogP contribution in [0.15, 0.2) is 21.3 Å². The normalized spacial score (nSPS) is 20.5. The van der Waals surface area contributed by atoms with E-state index >= 15 is 0 Å². The molecule has 4 nitrogen and oxygen atoms in total. The lowest BCUT2D eigenvalue weighted by molar-refractivity contribution is 0.501. The summed E-state index contributed by atoms with van der Waals surface area (Å²) in [5, 5.41) is 3.38. The van der Waals surface area contributed by atoms with Crippen molar-refractivity contribution in [1.29, 1.82) is 0 Å². The number of fused-ring (bicyclic) bond motifs is 3. The summed E-state index contributed by atoms with van der Waals surface area (Å²) in [5.74, 6) is -0.371. The summed E-state index contributed by atoms with van der Waals surface area (Å²) in [5.41, 5.74) is 3.92. The van der Waals surface area contributed by atoms with E-state index in [1.165, 1.54) is 5.56 Å². The first-order valence-electron chi connectivity index (χ1n) is 5.11. The molecule has 0 aliphatic carbocycles. The molecule has 1 unspecified atom stereocenters. The molecule has 15 heavy (non-hydrogen) atoms. The lowest BCUT2D eigenvalue weighted by Gasteiger charge is -2.22. The standard InChI is InChI=1S/C11H12N2O2/c1-6-4-8-7(5-12-6)2-3-9-10(8)15-11(14)13-9/h2-3,6,12H,4-5H2,1H3,(H,13,14). The van der Waals surface area contributed by atoms with Gasteiger partial charge in [0.2, 0.25) is 0 Å². The molecule has 2 heterocycles. The molecule has 2 aromatic rings. The van der Waals surface area contributed by atoms with Crippen LogP contribution in [0.4, 0.5) is 0 Å². The molecule has 3 rings (SSSR count). The van der Waals surface area contributed by atoms with Crippen molar-refractivity contribution < 1.29 is 4.42 Å². The zero-order valence-electron chi connectivity index (χ0n) is 8.46. The molecule has 0 saturated carbocycles. The summed E-state index contributed by atoms with van der Waals surface area (Å²) in [4.78, 5) is 13.8. The van der Waals surface area contributed by atoms with Crippen LogP contribution in [0.2, 0.25) is 0 Å². The van der Waals surface area contributed by atoms with Crippen molar-refractivity contribution >= 4 is 11.1 Å². The summed E-state index contributed by atoms with van der Waals surface area (Å²) in [6.45, 7) is 2.98. The molecular weight excluding hydrogens is 192 g/mol. The van der Waals surface area contributed by atoms with Crippen LogP contribution in [0, 0.1) is 0 Å². The highest BCUT2D eigenvalue weighted by Crippen LogP contribution is 2.24. The van der Waals surface area contributed by atoms with Crippen molar-refractivity contribution in [3.8, 4) is 0 Å². The van der Waals surface area contributed by atoms with E-state index in [-0.39, 0.29) is 5.76 Å². The fourth-order valence-electron chi connectivity index (χ4n) is 2.16. The Bertz CT molecular complexity index is 567. The van der Waals surface area contributed by atoms with Crippen molar-refractivity contribution in [2.24, 2.45) is 0 Å². The summed E-state index contributed by atoms with van der Waals surface area (Å²) in [6, 6.07) is 4.38. The first-order chi connectivity index (χ1) is 7.24. The van der Waals surface area contributed by atoms with Gasteiger partial charge in [-0.05, 0) is 25.0 Å². The number of aromatic nitrogens is 1. The SMILES string of the molecule is CC1Cc2c(ccc3[nH]c(=O)oc23)CN1. The number of hydrogen-bond acceptors (Lipinski definition) is 3. The molecular formula is C11H12N2O2. The molecule has 4 heteroatoms.